The minimum Gasteiger partial charge on any atom is -0.394 e. The van der Waals surface area contributed by atoms with E-state index in [2.05, 4.69) is 36.4 Å². The molecule has 124 heavy (non-hydrogen) atoms. The molecule has 3 rings (SSSR count). The van der Waals surface area contributed by atoms with E-state index >= 15 is 0 Å². The molecule has 3 aliphatic rings. The molecule has 0 aromatic rings. The third-order valence-electron chi connectivity index (χ3n) is 21.5. The fraction of sp³-hybridized carbons (Fsp3) is 0.869. The van der Waals surface area contributed by atoms with Gasteiger partial charge < -0.3 is 125 Å². The predicted molar refractivity (Wildman–Crippen MR) is 447 cm³/mol. The van der Waals surface area contributed by atoms with Gasteiger partial charge in [-0.3, -0.25) is 61.8 Å². The van der Waals surface area contributed by atoms with Crippen LogP contribution in [-0.2, 0) is 109 Å². The summed E-state index contributed by atoms with van der Waals surface area (Å²) in [5, 5.41) is 107. The lowest BCUT2D eigenvalue weighted by Crippen LogP contribution is -2.64. The van der Waals surface area contributed by atoms with E-state index in [4.69, 9.17) is 47.2 Å². The number of rotatable bonds is 76. The number of hydrogen-bond donors (Lipinski definition) is 16. The third kappa shape index (κ3) is 49.9. The van der Waals surface area contributed by atoms with Crippen LogP contribution in [0.5, 0.6) is 0 Å². The maximum absolute atomic E-state index is 14.2. The standard InChI is InChI=1S/C84H149N6O33P/c1-58(94)88-72-78(108)75(105)66(52-91)121-81(72)117-44-25-20-33-61(97)29-15-11-17-31-63(99)38-48-114-55-84(51-65(101)35-14-9-7-5-6-8-10-19-36-69(102)85-41-23-13-24-47-120-124(111,112)113-4,56-115-49-39-64(100)32-18-12-16-30-62(98)34-21-26-45-118-82-73(89-59(2)95)79(109)76(106)67(53-92)122-82)57-116-50-40-71(104)87-43-28-42-86-70(103)37-22-27-46-119-83-74(90-60(3)96)80(110)77(107)68(54-93)123-83/h66-68,72-83,91-93,105-110H,5-57H2,1-4H3,(H,85,102)(H,86,103)(H,87,104)(H,88,94)(H,89,95)(H,90,96)(H,111,112)/t66?,67?,68?,72?,73?,74-,75+,76+,77-,78-,79-,80?,81-,82-,83+,84?/m1/s1. The minimum atomic E-state index is -4.01. The lowest BCUT2D eigenvalue weighted by molar-refractivity contribution is -0.270. The number of phosphoric ester groups is 1. The van der Waals surface area contributed by atoms with E-state index in [0.29, 0.717) is 135 Å². The summed E-state index contributed by atoms with van der Waals surface area (Å²) in [5.74, 6) is -2.25. The molecule has 0 aliphatic carbocycles. The quantitative estimate of drug-likeness (QED) is 0.0307. The van der Waals surface area contributed by atoms with Gasteiger partial charge in [0.15, 0.2) is 18.9 Å². The van der Waals surface area contributed by atoms with Gasteiger partial charge in [-0.1, -0.05) is 51.4 Å². The number of ketones is 5. The fourth-order valence-corrected chi connectivity index (χ4v) is 14.8. The molecular formula is C84H149N6O33P. The van der Waals surface area contributed by atoms with Crippen molar-refractivity contribution in [2.45, 2.75) is 350 Å². The van der Waals surface area contributed by atoms with Gasteiger partial charge in [0.25, 0.3) is 0 Å². The Kier molecular flexibility index (Phi) is 60.8. The first-order valence-corrected chi connectivity index (χ1v) is 46.1. The molecular weight excluding hydrogens is 1650 g/mol. The maximum atomic E-state index is 14.2. The summed E-state index contributed by atoms with van der Waals surface area (Å²) in [6.45, 7) is 2.96. The number of hydrogen-bond acceptors (Lipinski definition) is 32. The van der Waals surface area contributed by atoms with E-state index in [1.54, 1.807) is 0 Å². The summed E-state index contributed by atoms with van der Waals surface area (Å²) in [7, 11) is -2.91. The van der Waals surface area contributed by atoms with Gasteiger partial charge >= 0.3 is 7.82 Å². The molecule has 39 nitrogen and oxygen atoms in total. The van der Waals surface area contributed by atoms with Crippen LogP contribution in [0.3, 0.4) is 0 Å². The van der Waals surface area contributed by atoms with Crippen molar-refractivity contribution in [3.05, 3.63) is 0 Å². The Hall–Kier alpha value is -5.44. The molecule has 3 saturated heterocycles. The molecule has 3 fully saturated rings. The van der Waals surface area contributed by atoms with Crippen LogP contribution in [0.1, 0.15) is 258 Å². The molecule has 3 heterocycles. The average Bonchev–Trinajstić information content (AvgIpc) is 0.819. The topological polar surface area (TPSA) is 581 Å². The average molecular weight is 1800 g/mol. The van der Waals surface area contributed by atoms with Crippen molar-refractivity contribution in [2.75, 3.05) is 113 Å². The smallest absolute Gasteiger partial charge is 0.394 e. The monoisotopic (exact) mass is 1800 g/mol. The van der Waals surface area contributed by atoms with Gasteiger partial charge in [0, 0.05) is 156 Å². The van der Waals surface area contributed by atoms with E-state index < -0.39 is 143 Å². The van der Waals surface area contributed by atoms with Gasteiger partial charge in [0.2, 0.25) is 35.4 Å². The van der Waals surface area contributed by atoms with Gasteiger partial charge in [-0.2, -0.15) is 0 Å². The first-order chi connectivity index (χ1) is 59.4. The van der Waals surface area contributed by atoms with Crippen LogP contribution in [-0.4, -0.2) is 320 Å². The van der Waals surface area contributed by atoms with Crippen LogP contribution in [0.25, 0.3) is 0 Å². The van der Waals surface area contributed by atoms with Gasteiger partial charge in [-0.05, 0) is 103 Å². The second-order valence-electron chi connectivity index (χ2n) is 32.5. The van der Waals surface area contributed by atoms with Gasteiger partial charge in [0.05, 0.1) is 66.1 Å². The molecule has 0 aromatic carbocycles. The number of amides is 6. The van der Waals surface area contributed by atoms with E-state index in [1.807, 2.05) is 0 Å². The zero-order valence-corrected chi connectivity index (χ0v) is 74.3. The van der Waals surface area contributed by atoms with E-state index in [9.17, 15) is 108 Å². The van der Waals surface area contributed by atoms with E-state index in [-0.39, 0.29) is 190 Å². The number of nitrogens with one attached hydrogen (secondary N) is 6. The van der Waals surface area contributed by atoms with Crippen LogP contribution in [0.2, 0.25) is 0 Å². The summed E-state index contributed by atoms with van der Waals surface area (Å²) >= 11 is 0. The second-order valence-corrected chi connectivity index (χ2v) is 34.0. The Bertz CT molecular complexity index is 2850. The van der Waals surface area contributed by atoms with Crippen molar-refractivity contribution < 1.29 is 160 Å². The summed E-state index contributed by atoms with van der Waals surface area (Å²) in [6, 6.07) is -3.25. The number of phosphoric acid groups is 1. The second kappa shape index (κ2) is 66.9. The van der Waals surface area contributed by atoms with Crippen LogP contribution < -0.4 is 31.9 Å². The fourth-order valence-electron chi connectivity index (χ4n) is 14.3. The number of carbonyl (C=O) groups is 11. The zero-order chi connectivity index (χ0) is 91.5. The van der Waals surface area contributed by atoms with E-state index in [0.717, 1.165) is 52.1 Å². The van der Waals surface area contributed by atoms with Crippen molar-refractivity contribution in [3.8, 4) is 0 Å². The molecule has 6 amide bonds. The zero-order valence-electron chi connectivity index (χ0n) is 73.4. The van der Waals surface area contributed by atoms with Crippen molar-refractivity contribution in [3.63, 3.8) is 0 Å². The van der Waals surface area contributed by atoms with Gasteiger partial charge in [-0.25, -0.2) is 4.57 Å². The molecule has 40 heteroatoms. The van der Waals surface area contributed by atoms with Crippen LogP contribution in [0.15, 0.2) is 0 Å². The summed E-state index contributed by atoms with van der Waals surface area (Å²) < 4.78 is 73.3. The molecule has 0 spiro atoms. The number of Topliss-reactive ketones (excluding diaryl/α,β-unsaturated/α-hetero) is 5. The minimum absolute atomic E-state index is 0.00413. The summed E-state index contributed by atoms with van der Waals surface area (Å²) in [6.07, 6.45) is 2.03. The van der Waals surface area contributed by atoms with E-state index in [1.165, 1.54) is 20.8 Å². The van der Waals surface area contributed by atoms with Gasteiger partial charge in [-0.15, -0.1) is 0 Å². The van der Waals surface area contributed by atoms with Gasteiger partial charge in [0.1, 0.15) is 102 Å². The maximum Gasteiger partial charge on any atom is 0.471 e. The molecule has 0 radical (unpaired) electrons. The molecule has 7 unspecified atom stereocenters. The lowest BCUT2D eigenvalue weighted by Gasteiger charge is -2.42. The summed E-state index contributed by atoms with van der Waals surface area (Å²) in [4.78, 5) is 149. The number of unbranched alkanes of at least 4 members (excludes halogenated alkanes) is 16. The molecule has 0 aromatic heterocycles. The Balaban J connectivity index is 1.59. The van der Waals surface area contributed by atoms with Crippen LogP contribution >= 0.6 is 7.82 Å². The highest BCUT2D eigenvalue weighted by Gasteiger charge is 2.48. The number of ether oxygens (including phenoxy) is 9. The predicted octanol–water partition coefficient (Wildman–Crippen LogP) is 2.29. The SMILES string of the molecule is COP(=O)(O)OCCCCCNC(=O)CCCCCCCCCCC(=O)CC(COCCC(=O)CCCCCC(=O)CCCCO[C@@H]1OC(CO)[C@H](O)[C@H](O)C1NC(C)=O)(COCCC(=O)CCCCCC(=O)CCCCO[C@@H]1OC(CO)[C@H](O)[C@H](O)C1NC(C)=O)COCCC(=O)NCCCNC(=O)CCCCO[C@H]1OC(CO)[C@@H](O)C(O)[C@H]1NC(C)=O. The van der Waals surface area contributed by atoms with Crippen molar-refractivity contribution in [1.29, 1.82) is 0 Å². The Morgan fingerprint density at radius 2 is 0.605 bits per heavy atom. The largest absolute Gasteiger partial charge is 0.471 e. The Morgan fingerprint density at radius 1 is 0.331 bits per heavy atom. The number of aliphatic hydroxyl groups is 9. The highest BCUT2D eigenvalue weighted by Crippen LogP contribution is 2.42. The Labute approximate surface area is 729 Å². The van der Waals surface area contributed by atoms with Crippen LogP contribution in [0, 0.1) is 5.41 Å². The number of aliphatic hydroxyl groups excluding tert-OH is 9. The molecule has 3 aliphatic heterocycles. The van der Waals surface area contributed by atoms with Crippen molar-refractivity contribution in [1.82, 2.24) is 31.9 Å². The number of carbonyl (C=O) groups excluding carboxylic acids is 11. The highest BCUT2D eigenvalue weighted by molar-refractivity contribution is 7.47. The summed E-state index contributed by atoms with van der Waals surface area (Å²) in [5.41, 5.74) is -1.13. The Morgan fingerprint density at radius 3 is 0.952 bits per heavy atom. The molecule has 16 N–H and O–H groups in total. The molecule has 0 saturated carbocycles. The molecule has 16 atom stereocenters. The van der Waals surface area contributed by atoms with Crippen molar-refractivity contribution in [2.24, 2.45) is 5.41 Å². The first kappa shape index (κ1) is 113. The first-order valence-electron chi connectivity index (χ1n) is 44.6. The van der Waals surface area contributed by atoms with Crippen LogP contribution in [0.4, 0.5) is 0 Å². The van der Waals surface area contributed by atoms with Crippen molar-refractivity contribution >= 4 is 72.2 Å². The normalized spacial score (nSPS) is 23.6. The lowest BCUT2D eigenvalue weighted by atomic mass is 9.83. The highest BCUT2D eigenvalue weighted by atomic mass is 31.2. The molecule has 718 valence electrons. The third-order valence-corrected chi connectivity index (χ3v) is 22.4. The molecule has 0 bridgehead atoms.